The van der Waals surface area contributed by atoms with Crippen LogP contribution < -0.4 is 20.1 Å². The molecule has 202 valence electrons. The smallest absolute Gasteiger partial charge is 0.247 e. The van der Waals surface area contributed by atoms with Gasteiger partial charge in [-0.15, -0.1) is 0 Å². The number of carbonyl (C=O) groups excluding carboxylic acids is 2. The highest BCUT2D eigenvalue weighted by atomic mass is 19.1. The van der Waals surface area contributed by atoms with Crippen LogP contribution in [0.3, 0.4) is 0 Å². The maximum atomic E-state index is 15.0. The van der Waals surface area contributed by atoms with Crippen LogP contribution in [0.5, 0.6) is 17.4 Å². The van der Waals surface area contributed by atoms with Gasteiger partial charge in [-0.05, 0) is 63.1 Å². The van der Waals surface area contributed by atoms with Gasteiger partial charge in [0.2, 0.25) is 17.7 Å². The van der Waals surface area contributed by atoms with Crippen molar-refractivity contribution in [1.82, 2.24) is 14.6 Å². The Labute approximate surface area is 221 Å². The molecule has 0 unspecified atom stereocenters. The van der Waals surface area contributed by atoms with E-state index in [4.69, 9.17) is 9.47 Å². The van der Waals surface area contributed by atoms with E-state index in [9.17, 15) is 19.1 Å². The molecule has 2 heterocycles. The highest BCUT2D eigenvalue weighted by Crippen LogP contribution is 2.47. The molecule has 2 aromatic heterocycles. The lowest BCUT2D eigenvalue weighted by atomic mass is 10.0. The van der Waals surface area contributed by atoms with Crippen LogP contribution in [-0.2, 0) is 9.59 Å². The van der Waals surface area contributed by atoms with Crippen LogP contribution in [-0.4, -0.2) is 44.2 Å². The summed E-state index contributed by atoms with van der Waals surface area (Å²) >= 11 is 0. The molecule has 4 aromatic rings. The minimum Gasteiger partial charge on any atom is -0.489 e. The van der Waals surface area contributed by atoms with Gasteiger partial charge in [0.15, 0.2) is 11.6 Å². The maximum absolute atomic E-state index is 15.0. The van der Waals surface area contributed by atoms with E-state index in [1.54, 1.807) is 20.0 Å². The Bertz CT molecular complexity index is 1550. The van der Waals surface area contributed by atoms with E-state index in [0.717, 1.165) is 6.07 Å². The van der Waals surface area contributed by atoms with Gasteiger partial charge in [0.1, 0.15) is 35.4 Å². The van der Waals surface area contributed by atoms with E-state index >= 15 is 4.39 Å². The van der Waals surface area contributed by atoms with Crippen molar-refractivity contribution in [2.24, 2.45) is 5.41 Å². The first-order valence-electron chi connectivity index (χ1n) is 12.2. The van der Waals surface area contributed by atoms with E-state index in [1.807, 2.05) is 0 Å². The second kappa shape index (κ2) is 10.3. The lowest BCUT2D eigenvalue weighted by molar-refractivity contribution is -0.131. The molecule has 1 aliphatic rings. The molecule has 3 N–H and O–H groups in total. The Morgan fingerprint density at radius 1 is 1.08 bits per heavy atom. The molecule has 0 bridgehead atoms. The molecule has 0 radical (unpaired) electrons. The van der Waals surface area contributed by atoms with E-state index in [-0.39, 0.29) is 23.9 Å². The molecule has 0 saturated heterocycles. The monoisotopic (exact) mass is 537 g/mol. The second-order valence-corrected chi connectivity index (χ2v) is 9.38. The third-order valence-electron chi connectivity index (χ3n) is 6.34. The minimum absolute atomic E-state index is 0.0817. The maximum Gasteiger partial charge on any atom is 0.247 e. The third kappa shape index (κ3) is 5.36. The van der Waals surface area contributed by atoms with Crippen molar-refractivity contribution in [2.45, 2.75) is 32.8 Å². The predicted molar refractivity (Wildman–Crippen MR) is 137 cm³/mol. The fourth-order valence-corrected chi connectivity index (χ4v) is 4.02. The first-order valence-corrected chi connectivity index (χ1v) is 12.2. The number of anilines is 2. The van der Waals surface area contributed by atoms with Crippen LogP contribution in [0.1, 0.15) is 25.3 Å². The van der Waals surface area contributed by atoms with Crippen LogP contribution in [0, 0.1) is 24.0 Å². The molecule has 1 saturated carbocycles. The Morgan fingerprint density at radius 3 is 2.38 bits per heavy atom. The Balaban J connectivity index is 1.29. The van der Waals surface area contributed by atoms with Gasteiger partial charge in [0.05, 0.1) is 12.3 Å². The summed E-state index contributed by atoms with van der Waals surface area (Å²) in [4.78, 5) is 29.8. The summed E-state index contributed by atoms with van der Waals surface area (Å²) in [6.07, 6.45) is 2.86. The van der Waals surface area contributed by atoms with Crippen LogP contribution >= 0.6 is 0 Å². The molecule has 12 heteroatoms. The summed E-state index contributed by atoms with van der Waals surface area (Å²) in [6.45, 7) is 3.44. The van der Waals surface area contributed by atoms with E-state index < -0.39 is 35.0 Å². The Hall–Kier alpha value is -4.58. The van der Waals surface area contributed by atoms with Gasteiger partial charge < -0.3 is 25.2 Å². The fourth-order valence-electron chi connectivity index (χ4n) is 4.02. The zero-order valence-corrected chi connectivity index (χ0v) is 21.1. The number of nitrogens with one attached hydrogen (secondary N) is 2. The average molecular weight is 538 g/mol. The van der Waals surface area contributed by atoms with E-state index in [1.165, 1.54) is 47.2 Å². The number of nitrogens with zero attached hydrogens (tertiary/aromatic N) is 3. The molecule has 1 atom stereocenters. The standard InChI is InChI=1S/C27H25F2N5O5/c1-15(35)13-38-22-12-34-23(16(22)2)24(30-14-31-34)39-21-8-7-19(11-20(21)29)33-26(37)27(9-10-27)25(36)32-18-5-3-17(28)4-6-18/h3-8,11-12,14-15,35H,9-10,13H2,1-2H3,(H,32,36)(H,33,37)/t15-/m1/s1. The summed E-state index contributed by atoms with van der Waals surface area (Å²) in [5.74, 6) is -1.88. The van der Waals surface area contributed by atoms with E-state index in [0.29, 0.717) is 35.4 Å². The first kappa shape index (κ1) is 26.0. The number of hydrogen-bond donors (Lipinski definition) is 3. The van der Waals surface area contributed by atoms with Crippen molar-refractivity contribution in [2.75, 3.05) is 17.2 Å². The molecule has 10 nitrogen and oxygen atoms in total. The summed E-state index contributed by atoms with van der Waals surface area (Å²) < 4.78 is 41.0. The van der Waals surface area contributed by atoms with Gasteiger partial charge in [-0.1, -0.05) is 0 Å². The molecule has 39 heavy (non-hydrogen) atoms. The van der Waals surface area contributed by atoms with Crippen LogP contribution in [0.4, 0.5) is 20.2 Å². The fraction of sp³-hybridized carbons (Fsp3) is 0.259. The number of benzene rings is 2. The molecule has 0 spiro atoms. The zero-order valence-electron chi connectivity index (χ0n) is 21.1. The summed E-state index contributed by atoms with van der Waals surface area (Å²) in [7, 11) is 0. The van der Waals surface area contributed by atoms with Crippen molar-refractivity contribution in [3.63, 3.8) is 0 Å². The molecule has 2 amide bonds. The first-order chi connectivity index (χ1) is 18.7. The number of fused-ring (bicyclic) bond motifs is 1. The number of aliphatic hydroxyl groups is 1. The van der Waals surface area contributed by atoms with Gasteiger partial charge in [-0.25, -0.2) is 13.3 Å². The average Bonchev–Trinajstić information content (AvgIpc) is 3.65. The number of carbonyl (C=O) groups is 2. The number of amides is 2. The number of halogens is 2. The van der Waals surface area contributed by atoms with Gasteiger partial charge in [0.25, 0.3) is 0 Å². The second-order valence-electron chi connectivity index (χ2n) is 9.38. The summed E-state index contributed by atoms with van der Waals surface area (Å²) in [5, 5.41) is 18.8. The van der Waals surface area contributed by atoms with Crippen LogP contribution in [0.25, 0.3) is 5.52 Å². The van der Waals surface area contributed by atoms with Gasteiger partial charge in [0, 0.05) is 23.0 Å². The van der Waals surface area contributed by atoms with Crippen molar-refractivity contribution in [3.05, 3.63) is 72.2 Å². The molecule has 1 fully saturated rings. The van der Waals surface area contributed by atoms with Gasteiger partial charge >= 0.3 is 0 Å². The van der Waals surface area contributed by atoms with Crippen LogP contribution in [0.2, 0.25) is 0 Å². The van der Waals surface area contributed by atoms with Crippen LogP contribution in [0.15, 0.2) is 55.0 Å². The quantitative estimate of drug-likeness (QED) is 0.273. The van der Waals surface area contributed by atoms with Crippen molar-refractivity contribution in [3.8, 4) is 17.4 Å². The Morgan fingerprint density at radius 2 is 1.74 bits per heavy atom. The normalized spacial score (nSPS) is 14.5. The molecule has 2 aromatic carbocycles. The largest absolute Gasteiger partial charge is 0.489 e. The van der Waals surface area contributed by atoms with E-state index in [2.05, 4.69) is 20.7 Å². The number of aryl methyl sites for hydroxylation is 1. The van der Waals surface area contributed by atoms with Crippen molar-refractivity contribution >= 4 is 28.7 Å². The lowest BCUT2D eigenvalue weighted by Gasteiger charge is -2.16. The summed E-state index contributed by atoms with van der Waals surface area (Å²) in [5.41, 5.74) is 0.326. The third-order valence-corrected chi connectivity index (χ3v) is 6.34. The predicted octanol–water partition coefficient (Wildman–Crippen LogP) is 4.23. The number of ether oxygens (including phenoxy) is 2. The number of aromatic nitrogens is 3. The number of hydrogen-bond acceptors (Lipinski definition) is 7. The zero-order chi connectivity index (χ0) is 27.7. The molecular weight excluding hydrogens is 512 g/mol. The highest BCUT2D eigenvalue weighted by Gasteiger charge is 2.56. The van der Waals surface area contributed by atoms with Gasteiger partial charge in [-0.3, -0.25) is 9.59 Å². The van der Waals surface area contributed by atoms with Crippen molar-refractivity contribution < 1.29 is 33.0 Å². The molecule has 5 rings (SSSR count). The molecule has 0 aliphatic heterocycles. The molecule has 1 aliphatic carbocycles. The minimum atomic E-state index is -1.28. The highest BCUT2D eigenvalue weighted by molar-refractivity contribution is 6.16. The Kier molecular flexibility index (Phi) is 6.87. The summed E-state index contributed by atoms with van der Waals surface area (Å²) in [6, 6.07) is 9.09. The van der Waals surface area contributed by atoms with Gasteiger partial charge in [-0.2, -0.15) is 10.1 Å². The number of rotatable bonds is 9. The molecular formula is C27H25F2N5O5. The number of aliphatic hydroxyl groups excluding tert-OH is 1. The SMILES string of the molecule is Cc1c(OC[C@@H](C)O)cn2ncnc(Oc3ccc(NC(=O)C4(C(=O)Nc5ccc(F)cc5)CC4)cc3F)c12. The topological polar surface area (TPSA) is 127 Å². The van der Waals surface area contributed by atoms with Crippen molar-refractivity contribution in [1.29, 1.82) is 0 Å². The lowest BCUT2D eigenvalue weighted by Crippen LogP contribution is -2.35.